The number of rotatable bonds is 5. The smallest absolute Gasteiger partial charge is 0.335 e. The van der Waals surface area contributed by atoms with Crippen LogP contribution in [0.3, 0.4) is 0 Å². The van der Waals surface area contributed by atoms with Crippen LogP contribution in [-0.2, 0) is 4.79 Å². The highest BCUT2D eigenvalue weighted by Crippen LogP contribution is 2.25. The predicted molar refractivity (Wildman–Crippen MR) is 74.6 cm³/mol. The number of amides is 1. The largest absolute Gasteiger partial charge is 0.482 e. The van der Waals surface area contributed by atoms with Crippen LogP contribution in [0.4, 0.5) is 5.95 Å². The molecule has 0 bridgehead atoms. The van der Waals surface area contributed by atoms with Gasteiger partial charge in [0.1, 0.15) is 5.75 Å². The minimum Gasteiger partial charge on any atom is -0.482 e. The number of aromatic carboxylic acids is 1. The van der Waals surface area contributed by atoms with Gasteiger partial charge in [-0.2, -0.15) is 0 Å². The van der Waals surface area contributed by atoms with Gasteiger partial charge in [0, 0.05) is 12.4 Å². The van der Waals surface area contributed by atoms with Gasteiger partial charge in [-0.05, 0) is 24.3 Å². The molecule has 2 aromatic rings. The van der Waals surface area contributed by atoms with Crippen LogP contribution in [0.25, 0.3) is 0 Å². The number of carbonyl (C=O) groups is 2. The number of hydrogen-bond acceptors (Lipinski definition) is 5. The molecule has 0 atom stereocenters. The SMILES string of the molecule is O=C(COc1ccc(C(=O)O)cc1Cl)Nc1ncccn1. The first kappa shape index (κ1) is 14.7. The second-order valence-electron chi connectivity index (χ2n) is 3.86. The molecule has 0 aliphatic carbocycles. The number of aromatic nitrogens is 2. The second-order valence-corrected chi connectivity index (χ2v) is 4.27. The van der Waals surface area contributed by atoms with Crippen LogP contribution < -0.4 is 10.1 Å². The van der Waals surface area contributed by atoms with Crippen LogP contribution >= 0.6 is 11.6 Å². The van der Waals surface area contributed by atoms with E-state index in [4.69, 9.17) is 21.4 Å². The minimum absolute atomic E-state index is 0.0366. The number of carboxylic acids is 1. The molecular weight excluding hydrogens is 298 g/mol. The lowest BCUT2D eigenvalue weighted by molar-refractivity contribution is -0.118. The van der Waals surface area contributed by atoms with Crippen molar-refractivity contribution in [2.75, 3.05) is 11.9 Å². The fraction of sp³-hybridized carbons (Fsp3) is 0.0769. The van der Waals surface area contributed by atoms with Crippen molar-refractivity contribution in [1.29, 1.82) is 0 Å². The van der Waals surface area contributed by atoms with Crippen LogP contribution in [0.1, 0.15) is 10.4 Å². The van der Waals surface area contributed by atoms with E-state index in [1.54, 1.807) is 6.07 Å². The fourth-order valence-electron chi connectivity index (χ4n) is 1.42. The highest BCUT2D eigenvalue weighted by atomic mass is 35.5. The number of anilines is 1. The molecule has 1 amide bonds. The standard InChI is InChI=1S/C13H10ClN3O4/c14-9-6-8(12(19)20)2-3-10(9)21-7-11(18)17-13-15-4-1-5-16-13/h1-6H,7H2,(H,19,20)(H,15,16,17,18). The van der Waals surface area contributed by atoms with Crippen LogP contribution in [0.5, 0.6) is 5.75 Å². The molecule has 2 rings (SSSR count). The number of carboxylic acid groups (broad SMARTS) is 1. The summed E-state index contributed by atoms with van der Waals surface area (Å²) >= 11 is 5.87. The maximum Gasteiger partial charge on any atom is 0.335 e. The lowest BCUT2D eigenvalue weighted by atomic mass is 10.2. The van der Waals surface area contributed by atoms with Crippen molar-refractivity contribution >= 4 is 29.4 Å². The first-order chi connectivity index (χ1) is 10.1. The summed E-state index contributed by atoms with van der Waals surface area (Å²) < 4.78 is 5.21. The Balaban J connectivity index is 1.94. The minimum atomic E-state index is -1.09. The fourth-order valence-corrected chi connectivity index (χ4v) is 1.65. The Labute approximate surface area is 124 Å². The van der Waals surface area contributed by atoms with Crippen LogP contribution in [0.2, 0.25) is 5.02 Å². The molecule has 2 N–H and O–H groups in total. The Kier molecular flexibility index (Phi) is 4.68. The zero-order chi connectivity index (χ0) is 15.2. The number of halogens is 1. The third-order valence-corrected chi connectivity index (χ3v) is 2.65. The zero-order valence-corrected chi connectivity index (χ0v) is 11.4. The lowest BCUT2D eigenvalue weighted by Gasteiger charge is -2.08. The van der Waals surface area contributed by atoms with E-state index in [1.165, 1.54) is 30.6 Å². The molecule has 0 radical (unpaired) electrons. The number of benzene rings is 1. The molecule has 1 heterocycles. The summed E-state index contributed by atoms with van der Waals surface area (Å²) in [5, 5.41) is 11.4. The van der Waals surface area contributed by atoms with E-state index in [1.807, 2.05) is 0 Å². The summed E-state index contributed by atoms with van der Waals surface area (Å²) in [7, 11) is 0. The summed E-state index contributed by atoms with van der Waals surface area (Å²) in [6, 6.07) is 5.59. The van der Waals surface area contributed by atoms with Crippen molar-refractivity contribution in [2.24, 2.45) is 0 Å². The van der Waals surface area contributed by atoms with E-state index in [9.17, 15) is 9.59 Å². The molecular formula is C13H10ClN3O4. The Hall–Kier alpha value is -2.67. The number of nitrogens with one attached hydrogen (secondary N) is 1. The van der Waals surface area contributed by atoms with Gasteiger partial charge in [-0.25, -0.2) is 14.8 Å². The van der Waals surface area contributed by atoms with Crippen LogP contribution in [0.15, 0.2) is 36.7 Å². The van der Waals surface area contributed by atoms with E-state index >= 15 is 0 Å². The van der Waals surface area contributed by atoms with Gasteiger partial charge < -0.3 is 9.84 Å². The summed E-state index contributed by atoms with van der Waals surface area (Å²) in [6.45, 7) is -0.301. The third-order valence-electron chi connectivity index (χ3n) is 2.35. The predicted octanol–water partition coefficient (Wildman–Crippen LogP) is 1.85. The molecule has 0 saturated heterocycles. The van der Waals surface area contributed by atoms with Crippen molar-refractivity contribution in [3.63, 3.8) is 0 Å². The molecule has 8 heteroatoms. The van der Waals surface area contributed by atoms with E-state index in [0.717, 1.165) is 0 Å². The van der Waals surface area contributed by atoms with Crippen molar-refractivity contribution in [1.82, 2.24) is 9.97 Å². The topological polar surface area (TPSA) is 101 Å². The highest BCUT2D eigenvalue weighted by molar-refractivity contribution is 6.32. The molecule has 0 aliphatic heterocycles. The van der Waals surface area contributed by atoms with Gasteiger partial charge in [-0.15, -0.1) is 0 Å². The van der Waals surface area contributed by atoms with E-state index in [0.29, 0.717) is 0 Å². The molecule has 0 unspecified atom stereocenters. The summed E-state index contributed by atoms with van der Waals surface area (Å²) in [6.07, 6.45) is 2.98. The Morgan fingerprint density at radius 1 is 1.29 bits per heavy atom. The number of carbonyl (C=O) groups excluding carboxylic acids is 1. The zero-order valence-electron chi connectivity index (χ0n) is 10.6. The van der Waals surface area contributed by atoms with Crippen LogP contribution in [-0.4, -0.2) is 33.6 Å². The van der Waals surface area contributed by atoms with Gasteiger partial charge in [-0.1, -0.05) is 11.6 Å². The monoisotopic (exact) mass is 307 g/mol. The van der Waals surface area contributed by atoms with E-state index in [2.05, 4.69) is 15.3 Å². The van der Waals surface area contributed by atoms with Gasteiger partial charge in [0.25, 0.3) is 5.91 Å². The number of hydrogen-bond donors (Lipinski definition) is 2. The molecule has 7 nitrogen and oxygen atoms in total. The molecule has 0 saturated carbocycles. The second kappa shape index (κ2) is 6.67. The average molecular weight is 308 g/mol. The Morgan fingerprint density at radius 2 is 2.00 bits per heavy atom. The van der Waals surface area contributed by atoms with Gasteiger partial charge in [0.05, 0.1) is 10.6 Å². The quantitative estimate of drug-likeness (QED) is 0.874. The molecule has 0 fully saturated rings. The van der Waals surface area contributed by atoms with Crippen molar-refractivity contribution in [3.05, 3.63) is 47.2 Å². The van der Waals surface area contributed by atoms with Crippen molar-refractivity contribution in [3.8, 4) is 5.75 Å². The summed E-state index contributed by atoms with van der Waals surface area (Å²) in [5.41, 5.74) is 0.0366. The first-order valence-electron chi connectivity index (χ1n) is 5.79. The number of nitrogens with zero attached hydrogens (tertiary/aromatic N) is 2. The molecule has 1 aromatic carbocycles. The average Bonchev–Trinajstić information content (AvgIpc) is 2.47. The molecule has 108 valence electrons. The molecule has 1 aromatic heterocycles. The van der Waals surface area contributed by atoms with Crippen LogP contribution in [0, 0.1) is 0 Å². The molecule has 0 spiro atoms. The maximum absolute atomic E-state index is 11.6. The number of ether oxygens (including phenoxy) is 1. The Bertz CT molecular complexity index is 664. The first-order valence-corrected chi connectivity index (χ1v) is 6.16. The summed E-state index contributed by atoms with van der Waals surface area (Å²) in [4.78, 5) is 30.0. The van der Waals surface area contributed by atoms with E-state index < -0.39 is 11.9 Å². The Morgan fingerprint density at radius 3 is 2.62 bits per heavy atom. The highest BCUT2D eigenvalue weighted by Gasteiger charge is 2.10. The van der Waals surface area contributed by atoms with Gasteiger partial charge >= 0.3 is 5.97 Å². The van der Waals surface area contributed by atoms with Gasteiger partial charge in [0.15, 0.2) is 6.61 Å². The van der Waals surface area contributed by atoms with Gasteiger partial charge in [0.2, 0.25) is 5.95 Å². The lowest BCUT2D eigenvalue weighted by Crippen LogP contribution is -2.21. The maximum atomic E-state index is 11.6. The van der Waals surface area contributed by atoms with Crippen molar-refractivity contribution in [2.45, 2.75) is 0 Å². The van der Waals surface area contributed by atoms with E-state index in [-0.39, 0.29) is 28.9 Å². The van der Waals surface area contributed by atoms with Gasteiger partial charge in [-0.3, -0.25) is 10.1 Å². The summed E-state index contributed by atoms with van der Waals surface area (Å²) in [5.74, 6) is -1.17. The molecule has 0 aliphatic rings. The normalized spacial score (nSPS) is 9.95. The third kappa shape index (κ3) is 4.15. The van der Waals surface area contributed by atoms with Crippen molar-refractivity contribution < 1.29 is 19.4 Å². The molecule has 21 heavy (non-hydrogen) atoms.